The molecule has 36 heavy (non-hydrogen) atoms. The predicted octanol–water partition coefficient (Wildman–Crippen LogP) is 10.8. The lowest BCUT2D eigenvalue weighted by molar-refractivity contribution is 0.589. The Kier molecular flexibility index (Phi) is 8.69. The number of allylic oxidation sites excluding steroid dienone is 6. The Labute approximate surface area is 221 Å². The highest BCUT2D eigenvalue weighted by atomic mass is 32.3. The fourth-order valence-corrected chi connectivity index (χ4v) is 8.23. The van der Waals surface area contributed by atoms with Gasteiger partial charge in [0.15, 0.2) is 0 Å². The third kappa shape index (κ3) is 5.85. The zero-order valence-electron chi connectivity index (χ0n) is 23.1. The Morgan fingerprint density at radius 2 is 1.08 bits per heavy atom. The van der Waals surface area contributed by atoms with E-state index in [4.69, 9.17) is 0 Å². The smallest absolute Gasteiger partial charge is 0.00231 e. The molecule has 1 heteroatoms. The van der Waals surface area contributed by atoms with Gasteiger partial charge in [-0.05, 0) is 77.4 Å². The van der Waals surface area contributed by atoms with Crippen molar-refractivity contribution in [2.45, 2.75) is 74.0 Å². The van der Waals surface area contributed by atoms with Gasteiger partial charge in [-0.2, -0.15) is 0 Å². The van der Waals surface area contributed by atoms with Crippen LogP contribution in [-0.2, 0) is 10.8 Å². The molecule has 188 valence electrons. The van der Waals surface area contributed by atoms with Crippen LogP contribution in [0.15, 0.2) is 141 Å². The topological polar surface area (TPSA) is 0 Å². The average molecular weight is 495 g/mol. The summed E-state index contributed by atoms with van der Waals surface area (Å²) in [6.45, 7) is 19.7. The quantitative estimate of drug-likeness (QED) is 0.286. The molecule has 0 aliphatic carbocycles. The molecule has 0 unspecified atom stereocenters. The minimum absolute atomic E-state index is 0.101. The zero-order valence-corrected chi connectivity index (χ0v) is 23.9. The van der Waals surface area contributed by atoms with Crippen molar-refractivity contribution in [3.05, 3.63) is 138 Å². The molecule has 0 saturated heterocycles. The highest BCUT2D eigenvalue weighted by molar-refractivity contribution is 8.37. The first-order chi connectivity index (χ1) is 17.0. The fraction of sp³-hybridized carbons (Fsp3) is 0.257. The van der Waals surface area contributed by atoms with Crippen molar-refractivity contribution in [1.29, 1.82) is 0 Å². The molecule has 0 atom stereocenters. The summed E-state index contributed by atoms with van der Waals surface area (Å²) in [4.78, 5) is 5.25. The molecule has 0 heterocycles. The lowest BCUT2D eigenvalue weighted by Gasteiger charge is -2.43. The van der Waals surface area contributed by atoms with Crippen LogP contribution in [0.4, 0.5) is 0 Å². The molecule has 0 N–H and O–H groups in total. The van der Waals surface area contributed by atoms with E-state index >= 15 is 0 Å². The van der Waals surface area contributed by atoms with Gasteiger partial charge in [0.1, 0.15) is 0 Å². The van der Waals surface area contributed by atoms with E-state index in [2.05, 4.69) is 164 Å². The normalized spacial score (nSPS) is 13.9. The van der Waals surface area contributed by atoms with Crippen LogP contribution in [0, 0.1) is 0 Å². The van der Waals surface area contributed by atoms with E-state index in [-0.39, 0.29) is 10.8 Å². The Hall–Kier alpha value is -3.03. The van der Waals surface area contributed by atoms with Crippen molar-refractivity contribution in [2.24, 2.45) is 0 Å². The maximum absolute atomic E-state index is 3.97. The van der Waals surface area contributed by atoms with Crippen molar-refractivity contribution in [3.8, 4) is 0 Å². The molecule has 0 amide bonds. The molecule has 0 aliphatic heterocycles. The lowest BCUT2D eigenvalue weighted by Crippen LogP contribution is -2.13. The molecule has 0 fully saturated rings. The maximum Gasteiger partial charge on any atom is 0.00231 e. The predicted molar refractivity (Wildman–Crippen MR) is 161 cm³/mol. The third-order valence-electron chi connectivity index (χ3n) is 6.45. The van der Waals surface area contributed by atoms with Gasteiger partial charge in [0, 0.05) is 19.6 Å². The summed E-state index contributed by atoms with van der Waals surface area (Å²) in [5.41, 5.74) is 2.89. The fourth-order valence-electron chi connectivity index (χ4n) is 4.37. The molecule has 0 nitrogen and oxygen atoms in total. The highest BCUT2D eigenvalue weighted by Crippen LogP contribution is 2.73. The summed E-state index contributed by atoms with van der Waals surface area (Å²) in [7, 11) is -1.77. The molecule has 0 radical (unpaired) electrons. The zero-order chi connectivity index (χ0) is 26.4. The molecular weight excluding hydrogens is 452 g/mol. The molecule has 0 bridgehead atoms. The average Bonchev–Trinajstić information content (AvgIpc) is 2.86. The van der Waals surface area contributed by atoms with Crippen molar-refractivity contribution < 1.29 is 0 Å². The summed E-state index contributed by atoms with van der Waals surface area (Å²) in [5, 5.41) is 0. The largest absolute Gasteiger partial charge is 0.133 e. The Morgan fingerprint density at radius 3 is 1.47 bits per heavy atom. The highest BCUT2D eigenvalue weighted by Gasteiger charge is 2.34. The standard InChI is InChI=1S/C35H42S/c1-9-11-16-30(17-12-10-2)36(31-18-14-13-15-19-31,32-24-20-28(21-25-32)34(3,4)5)33-26-22-29(23-27-33)35(6,7)8/h9-27H,1H2,2-8H3/b12-10+,16-11-,30-17+. The van der Waals surface area contributed by atoms with Crippen molar-refractivity contribution in [2.75, 3.05) is 0 Å². The van der Waals surface area contributed by atoms with Gasteiger partial charge in [-0.1, -0.05) is 115 Å². The summed E-state index contributed by atoms with van der Waals surface area (Å²) in [6, 6.07) is 29.7. The number of hydrogen-bond donors (Lipinski definition) is 0. The number of hydrogen-bond acceptors (Lipinski definition) is 0. The second-order valence-corrected chi connectivity index (χ2v) is 14.3. The monoisotopic (exact) mass is 494 g/mol. The van der Waals surface area contributed by atoms with Crippen LogP contribution >= 0.6 is 10.0 Å². The minimum atomic E-state index is -1.77. The molecule has 0 saturated carbocycles. The van der Waals surface area contributed by atoms with Gasteiger partial charge >= 0.3 is 0 Å². The van der Waals surface area contributed by atoms with Crippen LogP contribution in [0.1, 0.15) is 59.6 Å². The molecule has 0 aromatic heterocycles. The van der Waals surface area contributed by atoms with Gasteiger partial charge in [0.2, 0.25) is 0 Å². The first-order valence-electron chi connectivity index (χ1n) is 12.8. The van der Waals surface area contributed by atoms with E-state index in [1.807, 2.05) is 6.08 Å². The lowest BCUT2D eigenvalue weighted by atomic mass is 9.87. The Bertz CT molecular complexity index is 1170. The molecule has 3 aromatic carbocycles. The van der Waals surface area contributed by atoms with E-state index in [0.29, 0.717) is 0 Å². The van der Waals surface area contributed by atoms with Crippen LogP contribution in [0.25, 0.3) is 0 Å². The van der Waals surface area contributed by atoms with Crippen molar-refractivity contribution >= 4 is 10.0 Å². The summed E-state index contributed by atoms with van der Waals surface area (Å²) >= 11 is 0. The van der Waals surface area contributed by atoms with Crippen LogP contribution in [0.5, 0.6) is 0 Å². The van der Waals surface area contributed by atoms with Crippen LogP contribution in [-0.4, -0.2) is 0 Å². The molecule has 3 aromatic rings. The Balaban J connectivity index is 2.46. The van der Waals surface area contributed by atoms with E-state index in [1.54, 1.807) is 0 Å². The van der Waals surface area contributed by atoms with Gasteiger partial charge < -0.3 is 0 Å². The molecule has 0 spiro atoms. The Morgan fingerprint density at radius 1 is 0.639 bits per heavy atom. The summed E-state index contributed by atoms with van der Waals surface area (Å²) in [5.74, 6) is 0. The number of benzene rings is 3. The maximum atomic E-state index is 3.97. The van der Waals surface area contributed by atoms with Gasteiger partial charge in [-0.15, -0.1) is 10.0 Å². The van der Waals surface area contributed by atoms with E-state index in [9.17, 15) is 0 Å². The van der Waals surface area contributed by atoms with E-state index in [1.165, 1.54) is 30.7 Å². The second kappa shape index (κ2) is 11.4. The van der Waals surface area contributed by atoms with Gasteiger partial charge in [-0.25, -0.2) is 0 Å². The van der Waals surface area contributed by atoms with Crippen LogP contribution in [0.2, 0.25) is 0 Å². The second-order valence-electron chi connectivity index (χ2n) is 11.2. The van der Waals surface area contributed by atoms with Crippen molar-refractivity contribution in [1.82, 2.24) is 0 Å². The molecule has 3 rings (SSSR count). The molecular formula is C35H42S. The van der Waals surface area contributed by atoms with Gasteiger partial charge in [-0.3, -0.25) is 0 Å². The first kappa shape index (κ1) is 27.6. The molecule has 0 aliphatic rings. The first-order valence-corrected chi connectivity index (χ1v) is 14.4. The van der Waals surface area contributed by atoms with Gasteiger partial charge in [0.05, 0.1) is 0 Å². The van der Waals surface area contributed by atoms with Gasteiger partial charge in [0.25, 0.3) is 0 Å². The SMILES string of the molecule is C=C\C=C/C(=C\C=C\C)S(c1ccccc1)(c1ccc(C(C)(C)C)cc1)c1ccc(C(C)(C)C)cc1. The minimum Gasteiger partial charge on any atom is -0.133 e. The van der Waals surface area contributed by atoms with E-state index in [0.717, 1.165) is 0 Å². The van der Waals surface area contributed by atoms with Crippen LogP contribution in [0.3, 0.4) is 0 Å². The van der Waals surface area contributed by atoms with Crippen LogP contribution < -0.4 is 0 Å². The van der Waals surface area contributed by atoms with Crippen molar-refractivity contribution in [3.63, 3.8) is 0 Å². The summed E-state index contributed by atoms with van der Waals surface area (Å²) in [6.07, 6.45) is 12.7. The third-order valence-corrected chi connectivity index (χ3v) is 10.4. The number of rotatable bonds is 7. The van der Waals surface area contributed by atoms with E-state index < -0.39 is 10.0 Å². The summed E-state index contributed by atoms with van der Waals surface area (Å²) < 4.78 is 0.